The number of aryl methyl sites for hydroxylation is 2. The molecule has 6 aliphatic rings. The average Bonchev–Trinajstić information content (AvgIpc) is 4.18. The van der Waals surface area contributed by atoms with Gasteiger partial charge in [0.05, 0.1) is 30.7 Å². The summed E-state index contributed by atoms with van der Waals surface area (Å²) in [6.45, 7) is 15.9. The Morgan fingerprint density at radius 3 is 1.51 bits per heavy atom. The van der Waals surface area contributed by atoms with Crippen LogP contribution in [0.5, 0.6) is 11.5 Å². The maximum absolute atomic E-state index is 12.1. The zero-order chi connectivity index (χ0) is 49.1. The van der Waals surface area contributed by atoms with Gasteiger partial charge in [-0.3, -0.25) is 9.59 Å². The van der Waals surface area contributed by atoms with Crippen molar-refractivity contribution >= 4 is 51.1 Å². The number of carbonyl (C=O) groups is 2. The normalized spacial score (nSPS) is 19.0. The van der Waals surface area contributed by atoms with E-state index >= 15 is 0 Å². The maximum atomic E-state index is 12.1. The van der Waals surface area contributed by atoms with E-state index in [9.17, 15) is 14.7 Å². The number of halogens is 3. The summed E-state index contributed by atoms with van der Waals surface area (Å²) in [5, 5.41) is 20.6. The van der Waals surface area contributed by atoms with Crippen LogP contribution in [0.25, 0.3) is 0 Å². The summed E-state index contributed by atoms with van der Waals surface area (Å²) in [6, 6.07) is 24.4. The molecule has 69 heavy (non-hydrogen) atoms. The van der Waals surface area contributed by atoms with Crippen molar-refractivity contribution in [2.75, 3.05) is 53.5 Å². The van der Waals surface area contributed by atoms with Crippen molar-refractivity contribution in [2.24, 2.45) is 21.7 Å². The van der Waals surface area contributed by atoms with E-state index in [0.29, 0.717) is 23.2 Å². The van der Waals surface area contributed by atoms with Crippen LogP contribution < -0.4 is 56.1 Å². The number of hydrogen-bond donors (Lipinski definition) is 2. The van der Waals surface area contributed by atoms with Gasteiger partial charge in [-0.05, 0) is 160 Å². The van der Waals surface area contributed by atoms with Crippen LogP contribution in [0.4, 0.5) is 0 Å². The molecule has 4 aromatic rings. The SMILES string of the molecule is CC(C)(C)O.CCc1cccc(Cl)c1CBr.CCc1cccc(Cl)c1COc1ccc2c(c1)CC1(C2)CN(CC2(C(=O)OC)CC2)C1.COC(=O)C1(CN2CC3(Cc4ccc(O)cc4C3)C2)CC1.[K+]. The van der Waals surface area contributed by atoms with E-state index in [1.54, 1.807) is 26.8 Å². The fourth-order valence-corrected chi connectivity index (χ4v) is 12.3. The molecule has 10 rings (SSSR count). The Morgan fingerprint density at radius 2 is 1.09 bits per heavy atom. The van der Waals surface area contributed by atoms with Crippen LogP contribution in [-0.2, 0) is 69.5 Å². The molecule has 2 N–H and O–H groups in total. The number of aliphatic hydroxyl groups is 1. The molecule has 0 aromatic heterocycles. The van der Waals surface area contributed by atoms with Crippen LogP contribution in [0.2, 0.25) is 10.0 Å². The molecule has 0 amide bonds. The van der Waals surface area contributed by atoms with E-state index < -0.39 is 5.60 Å². The number of methoxy groups -OCH3 is 2. The number of nitrogens with zero attached hydrogens (tertiary/aromatic N) is 2. The smallest absolute Gasteiger partial charge is 0.508 e. The molecule has 0 unspecified atom stereocenters. The standard InChI is InChI=1S/C26H30ClNO3.C17H21NO3.C9H10BrCl.C4H10O.K/c1-3-18-5-4-6-23(27)22(18)14-31-21-8-7-19-12-25(13-20(19)11-21)15-28(16-25)17-26(9-10-26)24(29)30-2;1-21-15(20)17(4-5-17)11-18-9-16(10-18)7-12-2-3-14(19)6-13(12)8-16;1-2-7-4-3-5-9(11)8(7)6-10;1-4(2,3)5;/h4-8,11H,3,9-10,12-17H2,1-2H3;2-3,6,19H,4-5,7-11H2,1H3;3-5H,2,6H2,1H3;5H,1-3H3;/q;;;;+1. The van der Waals surface area contributed by atoms with E-state index in [1.165, 1.54) is 53.2 Å². The molecular weight excluding hydrogens is 1000 g/mol. The van der Waals surface area contributed by atoms with E-state index in [1.807, 2.05) is 30.3 Å². The van der Waals surface area contributed by atoms with Crippen LogP contribution in [0.15, 0.2) is 72.8 Å². The molecule has 2 spiro atoms. The van der Waals surface area contributed by atoms with Gasteiger partial charge in [-0.1, -0.05) is 89.4 Å². The number of benzene rings is 4. The molecule has 2 heterocycles. The van der Waals surface area contributed by atoms with Gasteiger partial charge >= 0.3 is 63.3 Å². The molecule has 4 aliphatic carbocycles. The van der Waals surface area contributed by atoms with Crippen molar-refractivity contribution in [2.45, 2.75) is 116 Å². The van der Waals surface area contributed by atoms with Gasteiger partial charge < -0.3 is 34.2 Å². The first-order valence-corrected chi connectivity index (χ1v) is 26.1. The number of aromatic hydroxyl groups is 1. The third-order valence-corrected chi connectivity index (χ3v) is 15.8. The Kier molecular flexibility index (Phi) is 19.1. The Balaban J connectivity index is 0.000000177. The van der Waals surface area contributed by atoms with Crippen molar-refractivity contribution in [3.05, 3.63) is 127 Å². The van der Waals surface area contributed by atoms with E-state index in [-0.39, 0.29) is 74.2 Å². The number of carbonyl (C=O) groups excluding carboxylic acids is 2. The Morgan fingerprint density at radius 1 is 0.667 bits per heavy atom. The summed E-state index contributed by atoms with van der Waals surface area (Å²) in [4.78, 5) is 28.7. The number of esters is 2. The van der Waals surface area contributed by atoms with Crippen molar-refractivity contribution < 1.29 is 85.4 Å². The summed E-state index contributed by atoms with van der Waals surface area (Å²) < 4.78 is 16.1. The number of likely N-dealkylation sites (tertiary alicyclic amines) is 2. The first kappa shape index (κ1) is 56.3. The van der Waals surface area contributed by atoms with Crippen LogP contribution in [0.1, 0.15) is 105 Å². The molecule has 2 aliphatic heterocycles. The summed E-state index contributed by atoms with van der Waals surface area (Å²) in [7, 11) is 2.99. The molecule has 368 valence electrons. The number of hydrogen-bond acceptors (Lipinski definition) is 9. The summed E-state index contributed by atoms with van der Waals surface area (Å²) in [6.07, 6.45) is 10.2. The Hall–Kier alpha value is -2.00. The van der Waals surface area contributed by atoms with Crippen molar-refractivity contribution in [3.8, 4) is 11.5 Å². The predicted octanol–water partition coefficient (Wildman–Crippen LogP) is 8.16. The Bertz CT molecular complexity index is 2430. The predicted molar refractivity (Wildman–Crippen MR) is 275 cm³/mol. The second kappa shape index (κ2) is 23.5. The quantitative estimate of drug-likeness (QED) is 0.0826. The molecule has 2 saturated heterocycles. The molecule has 13 heteroatoms. The summed E-state index contributed by atoms with van der Waals surface area (Å²) >= 11 is 15.8. The van der Waals surface area contributed by atoms with Crippen molar-refractivity contribution in [3.63, 3.8) is 0 Å². The minimum atomic E-state index is -0.500. The third kappa shape index (κ3) is 14.0. The summed E-state index contributed by atoms with van der Waals surface area (Å²) in [5.74, 6) is 1.21. The molecular formula is C56H71BrCl2KN2O7+. The molecule has 4 fully saturated rings. The molecule has 0 radical (unpaired) electrons. The van der Waals surface area contributed by atoms with E-state index in [0.717, 1.165) is 130 Å². The van der Waals surface area contributed by atoms with Crippen LogP contribution >= 0.6 is 39.1 Å². The monoisotopic (exact) mass is 1070 g/mol. The van der Waals surface area contributed by atoms with Crippen LogP contribution in [-0.4, -0.2) is 91.0 Å². The fourth-order valence-electron chi connectivity index (χ4n) is 11.0. The van der Waals surface area contributed by atoms with Gasteiger partial charge in [0.15, 0.2) is 0 Å². The van der Waals surface area contributed by atoms with Gasteiger partial charge in [0.25, 0.3) is 0 Å². The first-order valence-electron chi connectivity index (χ1n) is 24.3. The van der Waals surface area contributed by atoms with Crippen molar-refractivity contribution in [1.82, 2.24) is 9.80 Å². The van der Waals surface area contributed by atoms with E-state index in [2.05, 4.69) is 76.0 Å². The van der Waals surface area contributed by atoms with Gasteiger partial charge in [-0.2, -0.15) is 0 Å². The molecule has 9 nitrogen and oxygen atoms in total. The molecule has 4 aromatic carbocycles. The average molecular weight is 1070 g/mol. The Labute approximate surface area is 471 Å². The van der Waals surface area contributed by atoms with Crippen LogP contribution in [0, 0.1) is 21.7 Å². The van der Waals surface area contributed by atoms with E-state index in [4.69, 9.17) is 42.5 Å². The minimum Gasteiger partial charge on any atom is -0.508 e. The maximum Gasteiger partial charge on any atom is 1.00 e. The zero-order valence-electron chi connectivity index (χ0n) is 42.1. The number of phenolic OH excluding ortho intramolecular Hbond substituents is 1. The first-order chi connectivity index (χ1) is 32.3. The number of rotatable bonds is 12. The van der Waals surface area contributed by atoms with Gasteiger partial charge in [0.1, 0.15) is 18.1 Å². The topological polar surface area (TPSA) is 109 Å². The molecule has 0 bridgehead atoms. The zero-order valence-corrected chi connectivity index (χ0v) is 48.3. The third-order valence-electron chi connectivity index (χ3n) is 14.6. The van der Waals surface area contributed by atoms with Crippen LogP contribution in [0.3, 0.4) is 0 Å². The number of fused-ring (bicyclic) bond motifs is 2. The van der Waals surface area contributed by atoms with Gasteiger partial charge in [0.2, 0.25) is 0 Å². The number of ether oxygens (including phenoxy) is 3. The van der Waals surface area contributed by atoms with Gasteiger partial charge in [-0.25, -0.2) is 0 Å². The molecule has 0 atom stereocenters. The second-order valence-corrected chi connectivity index (χ2v) is 22.9. The largest absolute Gasteiger partial charge is 1.00 e. The van der Waals surface area contributed by atoms with Gasteiger partial charge in [0, 0.05) is 71.0 Å². The second-order valence-electron chi connectivity index (χ2n) is 21.5. The molecule has 2 saturated carbocycles. The fraction of sp³-hybridized carbons (Fsp3) is 0.536. The van der Waals surface area contributed by atoms with Gasteiger partial charge in [-0.15, -0.1) is 0 Å². The number of phenols is 1. The number of alkyl halides is 1. The summed E-state index contributed by atoms with van der Waals surface area (Å²) in [5.41, 5.74) is 10.1. The van der Waals surface area contributed by atoms with Crippen molar-refractivity contribution in [1.29, 1.82) is 0 Å². The minimum absolute atomic E-state index is 0.